The molecule has 1 unspecified atom stereocenters. The Morgan fingerprint density at radius 3 is 2.23 bits per heavy atom. The van der Waals surface area contributed by atoms with Crippen LogP contribution in [0.2, 0.25) is 0 Å². The van der Waals surface area contributed by atoms with Crippen LogP contribution >= 0.6 is 0 Å². The topological polar surface area (TPSA) is 144 Å². The van der Waals surface area contributed by atoms with E-state index in [2.05, 4.69) is 25.5 Å². The lowest BCUT2D eigenvalue weighted by atomic mass is 10.1. The number of halogens is 3. The number of aryl methyl sites for hydroxylation is 2. The number of carbonyl (C=O) groups is 2. The second-order valence-corrected chi connectivity index (χ2v) is 6.54. The molecule has 0 saturated carbocycles. The number of benzene rings is 1. The number of hydrogen-bond acceptors (Lipinski definition) is 5. The lowest BCUT2D eigenvalue weighted by molar-refractivity contribution is -0.192. The number of amides is 1. The second kappa shape index (κ2) is 9.32. The number of phenols is 1. The summed E-state index contributed by atoms with van der Waals surface area (Å²) in [4.78, 5) is 28.8. The molecule has 3 aromatic rings. The van der Waals surface area contributed by atoms with E-state index in [0.29, 0.717) is 11.4 Å². The maximum atomic E-state index is 12.4. The molecule has 1 amide bonds. The summed E-state index contributed by atoms with van der Waals surface area (Å²) in [5, 5.41) is 26.2. The van der Waals surface area contributed by atoms with Crippen molar-refractivity contribution < 1.29 is 33.0 Å². The summed E-state index contributed by atoms with van der Waals surface area (Å²) >= 11 is 0. The summed E-state index contributed by atoms with van der Waals surface area (Å²) in [5.74, 6) is -2.11. The minimum atomic E-state index is -5.08. The Kier molecular flexibility index (Phi) is 7.05. The predicted octanol–water partition coefficient (Wildman–Crippen LogP) is 3.25. The number of aliphatic carboxylic acids is 1. The van der Waals surface area contributed by atoms with Crippen molar-refractivity contribution in [2.24, 2.45) is 0 Å². The van der Waals surface area contributed by atoms with Crippen LogP contribution in [0.25, 0.3) is 11.3 Å². The van der Waals surface area contributed by atoms with Crippen molar-refractivity contribution in [2.45, 2.75) is 33.0 Å². The van der Waals surface area contributed by atoms with Gasteiger partial charge in [0.2, 0.25) is 0 Å². The van der Waals surface area contributed by atoms with E-state index in [4.69, 9.17) is 9.90 Å². The van der Waals surface area contributed by atoms with E-state index in [1.165, 1.54) is 0 Å². The molecule has 9 nitrogen and oxygen atoms in total. The number of carboxylic acid groups (broad SMARTS) is 1. The van der Waals surface area contributed by atoms with E-state index >= 15 is 0 Å². The van der Waals surface area contributed by atoms with Crippen molar-refractivity contribution in [3.8, 4) is 17.0 Å². The van der Waals surface area contributed by atoms with Gasteiger partial charge in [-0.3, -0.25) is 9.89 Å². The molecule has 0 aliphatic rings. The Balaban J connectivity index is 0.000000423. The van der Waals surface area contributed by atoms with Gasteiger partial charge in [-0.25, -0.2) is 9.78 Å². The van der Waals surface area contributed by atoms with Gasteiger partial charge in [0.1, 0.15) is 17.3 Å². The van der Waals surface area contributed by atoms with Gasteiger partial charge < -0.3 is 20.5 Å². The van der Waals surface area contributed by atoms with Gasteiger partial charge in [-0.15, -0.1) is 0 Å². The molecule has 31 heavy (non-hydrogen) atoms. The second-order valence-electron chi connectivity index (χ2n) is 6.54. The number of aromatic hydroxyl groups is 1. The number of hydrogen-bond donors (Lipinski definition) is 5. The Morgan fingerprint density at radius 2 is 1.74 bits per heavy atom. The quantitative estimate of drug-likeness (QED) is 0.422. The summed E-state index contributed by atoms with van der Waals surface area (Å²) in [6.07, 6.45) is -5.08. The van der Waals surface area contributed by atoms with Crippen LogP contribution in [0.1, 0.15) is 40.7 Å². The van der Waals surface area contributed by atoms with Gasteiger partial charge in [0.25, 0.3) is 5.91 Å². The minimum absolute atomic E-state index is 0.185. The fourth-order valence-corrected chi connectivity index (χ4v) is 2.34. The molecule has 0 radical (unpaired) electrons. The average molecular weight is 439 g/mol. The van der Waals surface area contributed by atoms with Crippen molar-refractivity contribution in [2.75, 3.05) is 0 Å². The van der Waals surface area contributed by atoms with Gasteiger partial charge in [0.05, 0.1) is 17.4 Å². The highest BCUT2D eigenvalue weighted by Gasteiger charge is 2.38. The molecular formula is C19H20F3N5O4. The maximum absolute atomic E-state index is 12.4. The van der Waals surface area contributed by atoms with E-state index < -0.39 is 12.1 Å². The molecule has 166 valence electrons. The van der Waals surface area contributed by atoms with Crippen molar-refractivity contribution in [3.63, 3.8) is 0 Å². The zero-order valence-electron chi connectivity index (χ0n) is 16.7. The summed E-state index contributed by atoms with van der Waals surface area (Å²) < 4.78 is 31.7. The van der Waals surface area contributed by atoms with Gasteiger partial charge in [0, 0.05) is 11.3 Å². The molecule has 3 rings (SSSR count). The number of phenolic OH excluding ortho intramolecular Hbond substituents is 1. The van der Waals surface area contributed by atoms with Crippen LogP contribution in [-0.2, 0) is 4.79 Å². The zero-order valence-corrected chi connectivity index (χ0v) is 16.7. The number of aromatic amines is 2. The number of imidazole rings is 1. The monoisotopic (exact) mass is 439 g/mol. The molecule has 0 spiro atoms. The third-order valence-corrected chi connectivity index (χ3v) is 4.13. The highest BCUT2D eigenvalue weighted by Crippen LogP contribution is 2.21. The van der Waals surface area contributed by atoms with Crippen molar-refractivity contribution in [3.05, 3.63) is 53.2 Å². The van der Waals surface area contributed by atoms with Crippen molar-refractivity contribution in [1.29, 1.82) is 0 Å². The lowest BCUT2D eigenvalue weighted by Gasteiger charge is -2.10. The molecular weight excluding hydrogens is 419 g/mol. The zero-order chi connectivity index (χ0) is 23.3. The number of nitrogens with zero attached hydrogens (tertiary/aromatic N) is 2. The maximum Gasteiger partial charge on any atom is 0.490 e. The Labute approximate surface area is 174 Å². The van der Waals surface area contributed by atoms with E-state index in [-0.39, 0.29) is 17.7 Å². The Bertz CT molecular complexity index is 1040. The van der Waals surface area contributed by atoms with Crippen LogP contribution < -0.4 is 5.32 Å². The molecule has 0 bridgehead atoms. The number of carbonyl (C=O) groups excluding carboxylic acids is 1. The molecule has 0 fully saturated rings. The van der Waals surface area contributed by atoms with Crippen LogP contribution in [0, 0.1) is 13.8 Å². The largest absolute Gasteiger partial charge is 0.508 e. The molecule has 2 heterocycles. The number of aromatic nitrogens is 4. The van der Waals surface area contributed by atoms with Crippen LogP contribution in [0.5, 0.6) is 5.75 Å². The minimum Gasteiger partial charge on any atom is -0.508 e. The molecule has 0 saturated heterocycles. The number of alkyl halides is 3. The fourth-order valence-electron chi connectivity index (χ4n) is 2.34. The first kappa shape index (κ1) is 23.4. The third-order valence-electron chi connectivity index (χ3n) is 4.13. The number of carboxylic acids is 1. The van der Waals surface area contributed by atoms with Gasteiger partial charge in [-0.1, -0.05) is 0 Å². The van der Waals surface area contributed by atoms with E-state index in [1.807, 2.05) is 20.8 Å². The van der Waals surface area contributed by atoms with E-state index in [9.17, 15) is 23.1 Å². The summed E-state index contributed by atoms with van der Waals surface area (Å²) in [6, 6.07) is 8.06. The number of H-pyrrole nitrogens is 2. The summed E-state index contributed by atoms with van der Waals surface area (Å²) in [5.41, 5.74) is 3.72. The van der Waals surface area contributed by atoms with Crippen molar-refractivity contribution in [1.82, 2.24) is 25.5 Å². The Morgan fingerprint density at radius 1 is 1.16 bits per heavy atom. The van der Waals surface area contributed by atoms with Gasteiger partial charge in [-0.05, 0) is 51.1 Å². The summed E-state index contributed by atoms with van der Waals surface area (Å²) in [7, 11) is 0. The van der Waals surface area contributed by atoms with Gasteiger partial charge in [-0.2, -0.15) is 18.3 Å². The molecule has 12 heteroatoms. The normalized spacial score (nSPS) is 11.9. The first-order valence-corrected chi connectivity index (χ1v) is 8.87. The molecule has 2 aromatic heterocycles. The number of rotatable bonds is 4. The smallest absolute Gasteiger partial charge is 0.490 e. The fraction of sp³-hybridized carbons (Fsp3) is 0.263. The standard InChI is InChI=1S/C17H19N5O2.C2HF3O2/c1-9-10(2)19-16(18-9)11(3)20-17(24)15-8-14(21-22-15)12-4-6-13(23)7-5-12;3-2(4,5)1(6)7/h4-8,11,23H,1-3H3,(H,18,19)(H,20,24)(H,21,22);(H,6,7). The average Bonchev–Trinajstić information content (AvgIpc) is 3.30. The van der Waals surface area contributed by atoms with Crippen LogP contribution in [0.15, 0.2) is 30.3 Å². The highest BCUT2D eigenvalue weighted by molar-refractivity contribution is 5.93. The first-order valence-electron chi connectivity index (χ1n) is 8.87. The lowest BCUT2D eigenvalue weighted by Crippen LogP contribution is -2.27. The molecule has 0 aliphatic heterocycles. The number of nitrogens with one attached hydrogen (secondary N) is 3. The van der Waals surface area contributed by atoms with Crippen LogP contribution in [-0.4, -0.2) is 48.4 Å². The predicted molar refractivity (Wildman–Crippen MR) is 103 cm³/mol. The van der Waals surface area contributed by atoms with E-state index in [1.54, 1.807) is 30.3 Å². The molecule has 0 aliphatic carbocycles. The first-order chi connectivity index (χ1) is 14.4. The third kappa shape index (κ3) is 6.32. The van der Waals surface area contributed by atoms with E-state index in [0.717, 1.165) is 22.8 Å². The summed E-state index contributed by atoms with van der Waals surface area (Å²) in [6.45, 7) is 5.73. The molecule has 1 aromatic carbocycles. The molecule has 1 atom stereocenters. The van der Waals surface area contributed by atoms with Gasteiger partial charge >= 0.3 is 12.1 Å². The van der Waals surface area contributed by atoms with Crippen LogP contribution in [0.3, 0.4) is 0 Å². The molecule has 5 N–H and O–H groups in total. The SMILES string of the molecule is Cc1nc(C(C)NC(=O)c2cc(-c3ccc(O)cc3)n[nH]2)[nH]c1C.O=C(O)C(F)(F)F. The van der Waals surface area contributed by atoms with Crippen molar-refractivity contribution >= 4 is 11.9 Å². The van der Waals surface area contributed by atoms with Crippen LogP contribution in [0.4, 0.5) is 13.2 Å². The Hall–Kier alpha value is -3.83. The van der Waals surface area contributed by atoms with Gasteiger partial charge in [0.15, 0.2) is 0 Å². The highest BCUT2D eigenvalue weighted by atomic mass is 19.4.